The summed E-state index contributed by atoms with van der Waals surface area (Å²) >= 11 is 5.23. The fraction of sp³-hybridized carbons (Fsp3) is 0.438. The summed E-state index contributed by atoms with van der Waals surface area (Å²) in [4.78, 5) is 24.7. The lowest BCUT2D eigenvalue weighted by Gasteiger charge is -2.16. The minimum Gasteiger partial charge on any atom is -0.362 e. The Hall–Kier alpha value is -1.95. The second-order valence-corrected chi connectivity index (χ2v) is 5.76. The number of nitrogens with zero attached hydrogens (tertiary/aromatic N) is 1. The van der Waals surface area contributed by atoms with E-state index in [1.165, 1.54) is 6.92 Å². The maximum absolute atomic E-state index is 11.5. The lowest BCUT2D eigenvalue weighted by atomic mass is 10.1. The van der Waals surface area contributed by atoms with Crippen LogP contribution < -0.4 is 10.6 Å². The predicted molar refractivity (Wildman–Crippen MR) is 91.1 cm³/mol. The summed E-state index contributed by atoms with van der Waals surface area (Å²) in [7, 11) is 0. The Morgan fingerprint density at radius 2 is 2.23 bits per heavy atom. The van der Waals surface area contributed by atoms with E-state index in [0.717, 1.165) is 31.6 Å². The summed E-state index contributed by atoms with van der Waals surface area (Å²) in [5.41, 5.74) is 1.44. The summed E-state index contributed by atoms with van der Waals surface area (Å²) in [5, 5.41) is 6.70. The van der Waals surface area contributed by atoms with Gasteiger partial charge in [0, 0.05) is 37.3 Å². The molecule has 0 spiro atoms. The van der Waals surface area contributed by atoms with Gasteiger partial charge in [-0.15, -0.1) is 0 Å². The van der Waals surface area contributed by atoms with E-state index >= 15 is 0 Å². The molecule has 0 radical (unpaired) electrons. The van der Waals surface area contributed by atoms with Crippen LogP contribution in [0.15, 0.2) is 24.3 Å². The van der Waals surface area contributed by atoms with Gasteiger partial charge < -0.3 is 15.5 Å². The van der Waals surface area contributed by atoms with Crippen molar-refractivity contribution < 1.29 is 9.59 Å². The van der Waals surface area contributed by atoms with Gasteiger partial charge in [-0.25, -0.2) is 0 Å². The maximum atomic E-state index is 11.5. The number of likely N-dealkylation sites (tertiary alicyclic amines) is 1. The standard InChI is InChI=1S/C16H21N3O2S/c1-12(20)13-5-2-6-14(11-13)18-16(22)17-8-4-10-19-9-3-7-15(19)21/h2,5-6,11H,3-4,7-10H2,1H3,(H2,17,18,22). The van der Waals surface area contributed by atoms with Crippen LogP contribution >= 0.6 is 12.2 Å². The van der Waals surface area contributed by atoms with Crippen molar-refractivity contribution in [2.45, 2.75) is 26.2 Å². The monoisotopic (exact) mass is 319 g/mol. The molecular weight excluding hydrogens is 298 g/mol. The first-order valence-electron chi connectivity index (χ1n) is 7.50. The molecule has 1 saturated heterocycles. The number of benzene rings is 1. The van der Waals surface area contributed by atoms with Crippen LogP contribution in [-0.2, 0) is 4.79 Å². The first kappa shape index (κ1) is 16.4. The van der Waals surface area contributed by atoms with Crippen molar-refractivity contribution in [2.24, 2.45) is 0 Å². The third-order valence-electron chi connectivity index (χ3n) is 3.59. The molecule has 1 heterocycles. The molecule has 0 aliphatic carbocycles. The highest BCUT2D eigenvalue weighted by Crippen LogP contribution is 2.11. The van der Waals surface area contributed by atoms with E-state index in [-0.39, 0.29) is 11.7 Å². The predicted octanol–water partition coefficient (Wildman–Crippen LogP) is 2.19. The number of amides is 1. The molecule has 0 unspecified atom stereocenters. The van der Waals surface area contributed by atoms with Crippen molar-refractivity contribution in [1.82, 2.24) is 10.2 Å². The first-order valence-corrected chi connectivity index (χ1v) is 7.91. The molecule has 1 aromatic rings. The highest BCUT2D eigenvalue weighted by atomic mass is 32.1. The molecule has 22 heavy (non-hydrogen) atoms. The van der Waals surface area contributed by atoms with Gasteiger partial charge in [0.2, 0.25) is 5.91 Å². The number of Topliss-reactive ketones (excluding diaryl/α,β-unsaturated/α-hetero) is 1. The maximum Gasteiger partial charge on any atom is 0.222 e. The van der Waals surface area contributed by atoms with Crippen molar-refractivity contribution in [3.63, 3.8) is 0 Å². The second kappa shape index (κ2) is 7.89. The fourth-order valence-electron chi connectivity index (χ4n) is 2.40. The molecule has 1 aliphatic rings. The van der Waals surface area contributed by atoms with Gasteiger partial charge in [-0.1, -0.05) is 12.1 Å². The minimum absolute atomic E-state index is 0.0257. The molecule has 118 valence electrons. The van der Waals surface area contributed by atoms with E-state index in [1.54, 1.807) is 12.1 Å². The number of carbonyl (C=O) groups is 2. The van der Waals surface area contributed by atoms with Gasteiger partial charge in [-0.2, -0.15) is 0 Å². The van der Waals surface area contributed by atoms with Crippen LogP contribution in [0.25, 0.3) is 0 Å². The van der Waals surface area contributed by atoms with Crippen molar-refractivity contribution in [2.75, 3.05) is 25.0 Å². The molecule has 1 aliphatic heterocycles. The normalized spacial score (nSPS) is 14.0. The summed E-state index contributed by atoms with van der Waals surface area (Å²) in [5.74, 6) is 0.277. The Balaban J connectivity index is 1.70. The zero-order valence-electron chi connectivity index (χ0n) is 12.7. The molecule has 0 aromatic heterocycles. The van der Waals surface area contributed by atoms with Crippen molar-refractivity contribution in [3.8, 4) is 0 Å². The Bertz CT molecular complexity index is 574. The highest BCUT2D eigenvalue weighted by Gasteiger charge is 2.18. The molecule has 0 saturated carbocycles. The topological polar surface area (TPSA) is 61.4 Å². The van der Waals surface area contributed by atoms with Crippen LogP contribution in [0.1, 0.15) is 36.5 Å². The van der Waals surface area contributed by atoms with Crippen molar-refractivity contribution in [1.29, 1.82) is 0 Å². The third kappa shape index (κ3) is 4.80. The van der Waals surface area contributed by atoms with E-state index in [9.17, 15) is 9.59 Å². The number of hydrogen-bond acceptors (Lipinski definition) is 3. The SMILES string of the molecule is CC(=O)c1cccc(NC(=S)NCCCN2CCCC2=O)c1. The zero-order valence-corrected chi connectivity index (χ0v) is 13.5. The van der Waals surface area contributed by atoms with Crippen LogP contribution in [0.2, 0.25) is 0 Å². The Kier molecular flexibility index (Phi) is 5.89. The number of carbonyl (C=O) groups excluding carboxylic acids is 2. The molecule has 2 N–H and O–H groups in total. The molecule has 2 rings (SSSR count). The average molecular weight is 319 g/mol. The summed E-state index contributed by atoms with van der Waals surface area (Å²) in [6.45, 7) is 3.89. The molecule has 1 aromatic carbocycles. The van der Waals surface area contributed by atoms with Gasteiger partial charge in [0.05, 0.1) is 0 Å². The number of ketones is 1. The van der Waals surface area contributed by atoms with Crippen LogP contribution in [0.5, 0.6) is 0 Å². The molecule has 1 fully saturated rings. The van der Waals surface area contributed by atoms with Gasteiger partial charge in [0.1, 0.15) is 0 Å². The molecule has 5 nitrogen and oxygen atoms in total. The van der Waals surface area contributed by atoms with Crippen LogP contribution in [0, 0.1) is 0 Å². The summed E-state index contributed by atoms with van der Waals surface area (Å²) in [6.07, 6.45) is 2.51. The Labute approximate surface area is 136 Å². The van der Waals surface area contributed by atoms with E-state index < -0.39 is 0 Å². The van der Waals surface area contributed by atoms with Crippen molar-refractivity contribution >= 4 is 34.7 Å². The molecular formula is C16H21N3O2S. The molecule has 0 atom stereocenters. The molecule has 1 amide bonds. The summed E-state index contributed by atoms with van der Waals surface area (Å²) < 4.78 is 0. The highest BCUT2D eigenvalue weighted by molar-refractivity contribution is 7.80. The lowest BCUT2D eigenvalue weighted by molar-refractivity contribution is -0.127. The van der Waals surface area contributed by atoms with E-state index in [4.69, 9.17) is 12.2 Å². The number of rotatable bonds is 6. The fourth-order valence-corrected chi connectivity index (χ4v) is 2.62. The Morgan fingerprint density at radius 3 is 2.91 bits per heavy atom. The van der Waals surface area contributed by atoms with E-state index in [2.05, 4.69) is 10.6 Å². The third-order valence-corrected chi connectivity index (χ3v) is 3.84. The molecule has 0 bridgehead atoms. The van der Waals surface area contributed by atoms with Gasteiger partial charge in [0.15, 0.2) is 10.9 Å². The van der Waals surface area contributed by atoms with E-state index in [1.807, 2.05) is 17.0 Å². The van der Waals surface area contributed by atoms with Crippen molar-refractivity contribution in [3.05, 3.63) is 29.8 Å². The lowest BCUT2D eigenvalue weighted by Crippen LogP contribution is -2.32. The number of anilines is 1. The van der Waals surface area contributed by atoms with Gasteiger partial charge in [-0.3, -0.25) is 9.59 Å². The molecule has 6 heteroatoms. The summed E-state index contributed by atoms with van der Waals surface area (Å²) in [6, 6.07) is 7.24. The number of hydrogen-bond donors (Lipinski definition) is 2. The van der Waals surface area contributed by atoms with Crippen LogP contribution in [-0.4, -0.2) is 41.3 Å². The van der Waals surface area contributed by atoms with Gasteiger partial charge in [0.25, 0.3) is 0 Å². The van der Waals surface area contributed by atoms with Gasteiger partial charge in [-0.05, 0) is 44.1 Å². The van der Waals surface area contributed by atoms with Crippen LogP contribution in [0.3, 0.4) is 0 Å². The van der Waals surface area contributed by atoms with Crippen LogP contribution in [0.4, 0.5) is 5.69 Å². The number of thiocarbonyl (C=S) groups is 1. The zero-order chi connectivity index (χ0) is 15.9. The Morgan fingerprint density at radius 1 is 1.41 bits per heavy atom. The minimum atomic E-state index is 0.0257. The number of nitrogens with one attached hydrogen (secondary N) is 2. The largest absolute Gasteiger partial charge is 0.362 e. The smallest absolute Gasteiger partial charge is 0.222 e. The average Bonchev–Trinajstić information content (AvgIpc) is 2.89. The quantitative estimate of drug-likeness (QED) is 0.478. The first-order chi connectivity index (χ1) is 10.6. The van der Waals surface area contributed by atoms with E-state index in [0.29, 0.717) is 23.6 Å². The van der Waals surface area contributed by atoms with Gasteiger partial charge >= 0.3 is 0 Å². The second-order valence-electron chi connectivity index (χ2n) is 5.36.